The predicted octanol–water partition coefficient (Wildman–Crippen LogP) is 1.56. The first-order chi connectivity index (χ1) is 7.73. The van der Waals surface area contributed by atoms with Gasteiger partial charge in [-0.2, -0.15) is 0 Å². The van der Waals surface area contributed by atoms with E-state index in [1.165, 1.54) is 5.69 Å². The van der Waals surface area contributed by atoms with E-state index in [0.29, 0.717) is 0 Å². The third kappa shape index (κ3) is 2.62. The monoisotopic (exact) mass is 223 g/mol. The summed E-state index contributed by atoms with van der Waals surface area (Å²) in [5.74, 6) is 0. The molecule has 1 aromatic rings. The summed E-state index contributed by atoms with van der Waals surface area (Å²) < 4.78 is 7.64. The van der Waals surface area contributed by atoms with Gasteiger partial charge in [0.15, 0.2) is 0 Å². The third-order valence-electron chi connectivity index (χ3n) is 3.18. The Morgan fingerprint density at radius 1 is 1.62 bits per heavy atom. The van der Waals surface area contributed by atoms with Crippen LogP contribution >= 0.6 is 0 Å². The van der Waals surface area contributed by atoms with Gasteiger partial charge in [0, 0.05) is 31.4 Å². The van der Waals surface area contributed by atoms with E-state index < -0.39 is 0 Å². The van der Waals surface area contributed by atoms with Gasteiger partial charge in [-0.3, -0.25) is 0 Å². The van der Waals surface area contributed by atoms with Crippen LogP contribution in [0.25, 0.3) is 0 Å². The summed E-state index contributed by atoms with van der Waals surface area (Å²) in [6, 6.07) is 0. The van der Waals surface area contributed by atoms with Gasteiger partial charge in [0.05, 0.1) is 18.6 Å². The molecule has 2 rings (SSSR count). The van der Waals surface area contributed by atoms with Crippen molar-refractivity contribution in [2.75, 3.05) is 13.2 Å². The minimum absolute atomic E-state index is 0.140. The van der Waals surface area contributed by atoms with Gasteiger partial charge in [0.25, 0.3) is 0 Å². The molecule has 0 aliphatic carbocycles. The second kappa shape index (κ2) is 4.97. The van der Waals surface area contributed by atoms with Crippen LogP contribution < -0.4 is 5.32 Å². The van der Waals surface area contributed by atoms with Gasteiger partial charge in [-0.15, -0.1) is 0 Å². The van der Waals surface area contributed by atoms with Gasteiger partial charge in [0.1, 0.15) is 0 Å². The van der Waals surface area contributed by atoms with Gasteiger partial charge in [-0.25, -0.2) is 4.98 Å². The molecule has 1 unspecified atom stereocenters. The van der Waals surface area contributed by atoms with Crippen molar-refractivity contribution in [2.24, 2.45) is 0 Å². The molecule has 1 fully saturated rings. The molecule has 4 nitrogen and oxygen atoms in total. The zero-order valence-electron chi connectivity index (χ0n) is 10.2. The number of nitrogens with zero attached hydrogens (tertiary/aromatic N) is 2. The summed E-state index contributed by atoms with van der Waals surface area (Å²) in [5.41, 5.74) is 1.40. The number of hydrogen-bond acceptors (Lipinski definition) is 3. The van der Waals surface area contributed by atoms with Crippen LogP contribution in [0.5, 0.6) is 0 Å². The van der Waals surface area contributed by atoms with Crippen molar-refractivity contribution < 1.29 is 4.74 Å². The Labute approximate surface area is 97.0 Å². The molecule has 2 heterocycles. The van der Waals surface area contributed by atoms with Crippen molar-refractivity contribution in [3.8, 4) is 0 Å². The van der Waals surface area contributed by atoms with Crippen molar-refractivity contribution in [3.05, 3.63) is 18.2 Å². The largest absolute Gasteiger partial charge is 0.379 e. The topological polar surface area (TPSA) is 39.1 Å². The number of ether oxygens (including phenoxy) is 1. The molecule has 1 aliphatic heterocycles. The lowest BCUT2D eigenvalue weighted by molar-refractivity contribution is 0.171. The number of rotatable bonds is 5. The molecule has 16 heavy (non-hydrogen) atoms. The average Bonchev–Trinajstić information content (AvgIpc) is 2.86. The minimum atomic E-state index is 0.140. The van der Waals surface area contributed by atoms with Gasteiger partial charge in [-0.05, 0) is 19.8 Å². The molecule has 0 saturated carbocycles. The molecule has 0 aromatic carbocycles. The average molecular weight is 223 g/mol. The number of aromatic nitrogens is 2. The fraction of sp³-hybridized carbons (Fsp3) is 0.750. The quantitative estimate of drug-likeness (QED) is 0.823. The molecule has 1 aromatic heterocycles. The maximum absolute atomic E-state index is 5.42. The summed E-state index contributed by atoms with van der Waals surface area (Å²) in [6.45, 7) is 8.01. The lowest BCUT2D eigenvalue weighted by atomic mass is 10.0. The number of imidazole rings is 1. The molecule has 1 atom stereocenters. The highest BCUT2D eigenvalue weighted by molar-refractivity contribution is 5.00. The Balaban J connectivity index is 1.91. The highest BCUT2D eigenvalue weighted by atomic mass is 16.5. The van der Waals surface area contributed by atoms with Crippen LogP contribution in [0.15, 0.2) is 12.5 Å². The van der Waals surface area contributed by atoms with E-state index in [-0.39, 0.29) is 5.54 Å². The van der Waals surface area contributed by atoms with E-state index in [9.17, 15) is 0 Å². The fourth-order valence-electron chi connectivity index (χ4n) is 2.05. The fourth-order valence-corrected chi connectivity index (χ4v) is 2.05. The Morgan fingerprint density at radius 3 is 3.19 bits per heavy atom. The zero-order chi connectivity index (χ0) is 11.4. The molecule has 90 valence electrons. The van der Waals surface area contributed by atoms with E-state index in [0.717, 1.165) is 39.1 Å². The van der Waals surface area contributed by atoms with Crippen molar-refractivity contribution in [2.45, 2.75) is 45.3 Å². The van der Waals surface area contributed by atoms with Crippen molar-refractivity contribution in [1.29, 1.82) is 0 Å². The molecule has 4 heteroatoms. The van der Waals surface area contributed by atoms with Crippen LogP contribution in [0.3, 0.4) is 0 Å². The van der Waals surface area contributed by atoms with Crippen LogP contribution in [-0.4, -0.2) is 28.3 Å². The van der Waals surface area contributed by atoms with Gasteiger partial charge in [-0.1, -0.05) is 6.92 Å². The van der Waals surface area contributed by atoms with Gasteiger partial charge < -0.3 is 14.6 Å². The highest BCUT2D eigenvalue weighted by Crippen LogP contribution is 2.18. The Morgan fingerprint density at radius 2 is 2.50 bits per heavy atom. The predicted molar refractivity (Wildman–Crippen MR) is 63.2 cm³/mol. The van der Waals surface area contributed by atoms with Crippen LogP contribution in [-0.2, 0) is 17.8 Å². The molecule has 1 aliphatic rings. The maximum Gasteiger partial charge on any atom is 0.0948 e. The molecular formula is C12H21N3O. The minimum Gasteiger partial charge on any atom is -0.379 e. The second-order valence-corrected chi connectivity index (χ2v) is 4.80. The van der Waals surface area contributed by atoms with E-state index >= 15 is 0 Å². The first kappa shape index (κ1) is 11.6. The van der Waals surface area contributed by atoms with Crippen molar-refractivity contribution in [1.82, 2.24) is 14.9 Å². The molecule has 1 saturated heterocycles. The Kier molecular flexibility index (Phi) is 3.61. The van der Waals surface area contributed by atoms with Gasteiger partial charge in [0.2, 0.25) is 0 Å². The smallest absolute Gasteiger partial charge is 0.0948 e. The van der Waals surface area contributed by atoms with Crippen LogP contribution in [0.4, 0.5) is 0 Å². The van der Waals surface area contributed by atoms with Crippen LogP contribution in [0.1, 0.15) is 32.4 Å². The number of hydrogen-bond donors (Lipinski definition) is 1. The summed E-state index contributed by atoms with van der Waals surface area (Å²) in [5, 5.41) is 3.57. The summed E-state index contributed by atoms with van der Waals surface area (Å²) in [7, 11) is 0. The van der Waals surface area contributed by atoms with E-state index in [4.69, 9.17) is 4.74 Å². The van der Waals surface area contributed by atoms with Crippen molar-refractivity contribution in [3.63, 3.8) is 0 Å². The highest BCUT2D eigenvalue weighted by Gasteiger charge is 2.28. The van der Waals surface area contributed by atoms with E-state index in [1.807, 2.05) is 12.5 Å². The first-order valence-electron chi connectivity index (χ1n) is 6.05. The lowest BCUT2D eigenvalue weighted by Crippen LogP contribution is -2.42. The Hall–Kier alpha value is -0.870. The molecule has 0 bridgehead atoms. The lowest BCUT2D eigenvalue weighted by Gasteiger charge is -2.23. The van der Waals surface area contributed by atoms with E-state index in [2.05, 4.69) is 28.7 Å². The standard InChI is InChI=1S/C12H21N3O/c1-3-5-15-10-13-7-11(15)8-14-12(2)4-6-16-9-12/h7,10,14H,3-6,8-9H2,1-2H3. The summed E-state index contributed by atoms with van der Waals surface area (Å²) >= 11 is 0. The molecular weight excluding hydrogens is 202 g/mol. The molecule has 0 spiro atoms. The van der Waals surface area contributed by atoms with E-state index in [1.54, 1.807) is 0 Å². The van der Waals surface area contributed by atoms with Gasteiger partial charge >= 0.3 is 0 Å². The molecule has 0 radical (unpaired) electrons. The summed E-state index contributed by atoms with van der Waals surface area (Å²) in [4.78, 5) is 4.20. The second-order valence-electron chi connectivity index (χ2n) is 4.80. The normalized spacial score (nSPS) is 25.1. The first-order valence-corrected chi connectivity index (χ1v) is 6.05. The van der Waals surface area contributed by atoms with Crippen molar-refractivity contribution >= 4 is 0 Å². The number of aryl methyl sites for hydroxylation is 1. The zero-order valence-corrected chi connectivity index (χ0v) is 10.2. The molecule has 1 N–H and O–H groups in total. The van der Waals surface area contributed by atoms with Crippen LogP contribution in [0, 0.1) is 0 Å². The third-order valence-corrected chi connectivity index (χ3v) is 3.18. The Bertz CT molecular complexity index is 329. The number of nitrogens with one attached hydrogen (secondary N) is 1. The maximum atomic E-state index is 5.42. The molecule has 0 amide bonds. The van der Waals surface area contributed by atoms with Crippen LogP contribution in [0.2, 0.25) is 0 Å². The summed E-state index contributed by atoms with van der Waals surface area (Å²) in [6.07, 6.45) is 6.09. The SMILES string of the molecule is CCCn1cncc1CNC1(C)CCOC1.